The zero-order valence-electron chi connectivity index (χ0n) is 9.11. The molecule has 1 amide bonds. The van der Waals surface area contributed by atoms with Gasteiger partial charge < -0.3 is 10.4 Å². The molecule has 2 N–H and O–H groups in total. The van der Waals surface area contributed by atoms with E-state index in [1.54, 1.807) is 11.3 Å². The molecule has 5 heteroatoms. The predicted molar refractivity (Wildman–Crippen MR) is 62.2 cm³/mol. The van der Waals surface area contributed by atoms with Crippen molar-refractivity contribution in [3.8, 4) is 0 Å². The van der Waals surface area contributed by atoms with E-state index in [0.29, 0.717) is 6.54 Å². The summed E-state index contributed by atoms with van der Waals surface area (Å²) in [6.45, 7) is 3.35. The summed E-state index contributed by atoms with van der Waals surface area (Å²) < 4.78 is 0. The van der Waals surface area contributed by atoms with Gasteiger partial charge in [0, 0.05) is 17.7 Å². The molecule has 0 aliphatic carbocycles. The standard InChI is InChI=1S/C11H13NO3S/c1-7(8(2)11(14)15)10(13)12-5-9-3-4-16-6-9/h3-4,6H,5H2,1-2H3,(H,12,13)(H,14,15). The number of hydrogen-bond acceptors (Lipinski definition) is 3. The maximum absolute atomic E-state index is 11.6. The van der Waals surface area contributed by atoms with E-state index in [-0.39, 0.29) is 17.1 Å². The Morgan fingerprint density at radius 3 is 2.56 bits per heavy atom. The van der Waals surface area contributed by atoms with Crippen LogP contribution >= 0.6 is 11.3 Å². The van der Waals surface area contributed by atoms with Gasteiger partial charge in [-0.1, -0.05) is 0 Å². The summed E-state index contributed by atoms with van der Waals surface area (Å²) in [7, 11) is 0. The molecular weight excluding hydrogens is 226 g/mol. The normalized spacial score (nSPS) is 11.9. The molecule has 0 aliphatic rings. The van der Waals surface area contributed by atoms with Gasteiger partial charge in [-0.05, 0) is 36.2 Å². The molecule has 16 heavy (non-hydrogen) atoms. The van der Waals surface area contributed by atoms with Crippen molar-refractivity contribution in [3.63, 3.8) is 0 Å². The molecule has 1 heterocycles. The van der Waals surface area contributed by atoms with E-state index in [1.165, 1.54) is 13.8 Å². The zero-order valence-corrected chi connectivity index (χ0v) is 9.93. The first-order valence-electron chi connectivity index (χ1n) is 4.72. The minimum absolute atomic E-state index is 0.0721. The lowest BCUT2D eigenvalue weighted by atomic mass is 10.1. The summed E-state index contributed by atoms with van der Waals surface area (Å²) in [6, 6.07) is 1.91. The molecular formula is C11H13NO3S. The van der Waals surface area contributed by atoms with Gasteiger partial charge in [-0.25, -0.2) is 4.79 Å². The second kappa shape index (κ2) is 5.46. The number of nitrogens with one attached hydrogen (secondary N) is 1. The molecule has 0 radical (unpaired) electrons. The summed E-state index contributed by atoms with van der Waals surface area (Å²) >= 11 is 1.55. The van der Waals surface area contributed by atoms with Crippen molar-refractivity contribution in [3.05, 3.63) is 33.5 Å². The van der Waals surface area contributed by atoms with Crippen molar-refractivity contribution in [2.24, 2.45) is 0 Å². The minimum Gasteiger partial charge on any atom is -0.478 e. The molecule has 4 nitrogen and oxygen atoms in total. The Kier molecular flexibility index (Phi) is 4.25. The molecule has 0 saturated heterocycles. The first-order valence-corrected chi connectivity index (χ1v) is 5.66. The Balaban J connectivity index is 2.59. The highest BCUT2D eigenvalue weighted by atomic mass is 32.1. The summed E-state index contributed by atoms with van der Waals surface area (Å²) in [5.74, 6) is -1.41. The highest BCUT2D eigenvalue weighted by Gasteiger charge is 2.11. The predicted octanol–water partition coefficient (Wildman–Crippen LogP) is 1.79. The third-order valence-corrected chi connectivity index (χ3v) is 2.99. The van der Waals surface area contributed by atoms with Crippen LogP contribution in [0.4, 0.5) is 0 Å². The van der Waals surface area contributed by atoms with E-state index >= 15 is 0 Å². The van der Waals surface area contributed by atoms with E-state index < -0.39 is 5.97 Å². The number of carbonyl (C=O) groups is 2. The minimum atomic E-state index is -1.07. The van der Waals surface area contributed by atoms with E-state index in [9.17, 15) is 9.59 Å². The number of hydrogen-bond donors (Lipinski definition) is 2. The number of amides is 1. The summed E-state index contributed by atoms with van der Waals surface area (Å²) in [5.41, 5.74) is 1.32. The first kappa shape index (κ1) is 12.4. The molecule has 0 aromatic carbocycles. The fourth-order valence-electron chi connectivity index (χ4n) is 1.04. The van der Waals surface area contributed by atoms with Crippen LogP contribution in [0.1, 0.15) is 19.4 Å². The van der Waals surface area contributed by atoms with E-state index in [2.05, 4.69) is 5.32 Å². The fraction of sp³-hybridized carbons (Fsp3) is 0.273. The van der Waals surface area contributed by atoms with E-state index in [0.717, 1.165) is 5.56 Å². The molecule has 0 aliphatic heterocycles. The van der Waals surface area contributed by atoms with Crippen molar-refractivity contribution in [2.45, 2.75) is 20.4 Å². The smallest absolute Gasteiger partial charge is 0.331 e. The van der Waals surface area contributed by atoms with Gasteiger partial charge in [-0.15, -0.1) is 0 Å². The maximum Gasteiger partial charge on any atom is 0.331 e. The molecule has 1 aromatic heterocycles. The maximum atomic E-state index is 11.6. The fourth-order valence-corrected chi connectivity index (χ4v) is 1.71. The van der Waals surface area contributed by atoms with Crippen molar-refractivity contribution < 1.29 is 14.7 Å². The molecule has 1 rings (SSSR count). The van der Waals surface area contributed by atoms with E-state index in [1.807, 2.05) is 16.8 Å². The monoisotopic (exact) mass is 239 g/mol. The van der Waals surface area contributed by atoms with Gasteiger partial charge in [-0.2, -0.15) is 11.3 Å². The van der Waals surface area contributed by atoms with Crippen molar-refractivity contribution in [1.29, 1.82) is 0 Å². The Hall–Kier alpha value is -1.62. The van der Waals surface area contributed by atoms with Crippen molar-refractivity contribution in [1.82, 2.24) is 5.32 Å². The van der Waals surface area contributed by atoms with Crippen molar-refractivity contribution >= 4 is 23.2 Å². The summed E-state index contributed by atoms with van der Waals surface area (Å²) in [5, 5.41) is 15.2. The molecule has 0 unspecified atom stereocenters. The summed E-state index contributed by atoms with van der Waals surface area (Å²) in [4.78, 5) is 22.2. The van der Waals surface area contributed by atoms with Crippen molar-refractivity contribution in [2.75, 3.05) is 0 Å². The number of carbonyl (C=O) groups excluding carboxylic acids is 1. The molecule has 0 spiro atoms. The Labute approximate surface area is 97.6 Å². The summed E-state index contributed by atoms with van der Waals surface area (Å²) in [6.07, 6.45) is 0. The molecule has 0 bridgehead atoms. The lowest BCUT2D eigenvalue weighted by Crippen LogP contribution is -2.24. The molecule has 86 valence electrons. The van der Waals surface area contributed by atoms with Crippen LogP contribution in [0.2, 0.25) is 0 Å². The van der Waals surface area contributed by atoms with Gasteiger partial charge in [0.15, 0.2) is 0 Å². The zero-order chi connectivity index (χ0) is 12.1. The third kappa shape index (κ3) is 3.20. The molecule has 1 aromatic rings. The number of carboxylic acids is 1. The van der Waals surface area contributed by atoms with E-state index in [4.69, 9.17) is 5.11 Å². The van der Waals surface area contributed by atoms with Crippen LogP contribution in [-0.2, 0) is 16.1 Å². The quantitative estimate of drug-likeness (QED) is 0.787. The number of carboxylic acid groups (broad SMARTS) is 1. The Morgan fingerprint density at radius 1 is 1.38 bits per heavy atom. The molecule has 0 atom stereocenters. The van der Waals surface area contributed by atoms with Gasteiger partial charge in [0.05, 0.1) is 0 Å². The van der Waals surface area contributed by atoms with Gasteiger partial charge in [-0.3, -0.25) is 4.79 Å². The van der Waals surface area contributed by atoms with Crippen LogP contribution in [0.3, 0.4) is 0 Å². The largest absolute Gasteiger partial charge is 0.478 e. The van der Waals surface area contributed by atoms with Gasteiger partial charge in [0.1, 0.15) is 0 Å². The average molecular weight is 239 g/mol. The Bertz CT molecular complexity index is 420. The second-order valence-corrected chi connectivity index (χ2v) is 4.15. The topological polar surface area (TPSA) is 66.4 Å². The van der Waals surface area contributed by atoms with Crippen LogP contribution in [0, 0.1) is 0 Å². The second-order valence-electron chi connectivity index (χ2n) is 3.37. The molecule has 0 fully saturated rings. The van der Waals surface area contributed by atoms with Crippen LogP contribution in [0.15, 0.2) is 28.0 Å². The van der Waals surface area contributed by atoms with Gasteiger partial charge >= 0.3 is 5.97 Å². The Morgan fingerprint density at radius 2 is 2.06 bits per heavy atom. The first-order chi connectivity index (χ1) is 7.52. The number of aliphatic carboxylic acids is 1. The average Bonchev–Trinajstić information content (AvgIpc) is 2.76. The highest BCUT2D eigenvalue weighted by molar-refractivity contribution is 7.07. The number of rotatable bonds is 4. The SMILES string of the molecule is CC(C(=O)O)=C(C)C(=O)NCc1ccsc1. The lowest BCUT2D eigenvalue weighted by molar-refractivity contribution is -0.133. The van der Waals surface area contributed by atoms with Crippen LogP contribution < -0.4 is 5.32 Å². The number of thiophene rings is 1. The van der Waals surface area contributed by atoms with Crippen LogP contribution in [0.5, 0.6) is 0 Å². The van der Waals surface area contributed by atoms with Gasteiger partial charge in [0.25, 0.3) is 0 Å². The van der Waals surface area contributed by atoms with Gasteiger partial charge in [0.2, 0.25) is 5.91 Å². The lowest BCUT2D eigenvalue weighted by Gasteiger charge is -2.05. The molecule has 0 saturated carbocycles. The highest BCUT2D eigenvalue weighted by Crippen LogP contribution is 2.07. The van der Waals surface area contributed by atoms with Crippen LogP contribution in [-0.4, -0.2) is 17.0 Å². The third-order valence-electron chi connectivity index (χ3n) is 2.26. The van der Waals surface area contributed by atoms with Crippen LogP contribution in [0.25, 0.3) is 0 Å².